The number of nitrogens with zero attached hydrogens (tertiary/aromatic N) is 4. The molecule has 0 aromatic carbocycles. The number of nitrogens with two attached hydrogens (primary N) is 1. The molecular weight excluding hydrogens is 823 g/mol. The van der Waals surface area contributed by atoms with Crippen LogP contribution in [0, 0.1) is 5.41 Å². The summed E-state index contributed by atoms with van der Waals surface area (Å²) < 4.78 is 62.0. The standard InChI is InChI=1S/C26H44N7O18P3S/c1-14(34)4-5-17(36)55-9-8-28-16(35)6-7-29-24(39)21(38)26(2,3)11-48-54(45,46)51-53(43,44)47-10-15-20(50-52(40,41)42)19(37)25(49-15)33-13-32-18-22(27)30-12-31-23(18)33/h12-15,19-21,25,34,37-38H,4-11H2,1-3H3,(H,28,35)(H,29,39)(H,43,44)(H,45,46)(H2,27,30,31)(H2,40,41,42). The number of fused-ring (bicyclic) bond motifs is 1. The number of anilines is 1. The fourth-order valence-corrected chi connectivity index (χ4v) is 8.22. The molecule has 0 spiro atoms. The average Bonchev–Trinajstić information content (AvgIpc) is 3.63. The van der Waals surface area contributed by atoms with Crippen LogP contribution >= 0.6 is 35.2 Å². The van der Waals surface area contributed by atoms with Gasteiger partial charge in [0, 0.05) is 37.1 Å². The van der Waals surface area contributed by atoms with Gasteiger partial charge >= 0.3 is 23.5 Å². The fraction of sp³-hybridized carbons (Fsp3) is 0.692. The van der Waals surface area contributed by atoms with Gasteiger partial charge in [-0.3, -0.25) is 32.5 Å². The minimum Gasteiger partial charge on any atom is -0.393 e. The molecule has 8 unspecified atom stereocenters. The number of thioether (sulfide) groups is 1. The van der Waals surface area contributed by atoms with Gasteiger partial charge in [0.1, 0.15) is 36.3 Å². The summed E-state index contributed by atoms with van der Waals surface area (Å²) >= 11 is 1.00. The van der Waals surface area contributed by atoms with E-state index in [4.69, 9.17) is 19.5 Å². The van der Waals surface area contributed by atoms with Crippen LogP contribution in [0.4, 0.5) is 5.82 Å². The molecule has 55 heavy (non-hydrogen) atoms. The van der Waals surface area contributed by atoms with Crippen molar-refractivity contribution in [1.29, 1.82) is 0 Å². The first-order chi connectivity index (χ1) is 25.4. The van der Waals surface area contributed by atoms with Crippen LogP contribution in [0.15, 0.2) is 12.7 Å². The number of rotatable bonds is 22. The van der Waals surface area contributed by atoms with Gasteiger partial charge in [0.05, 0.1) is 25.6 Å². The topological polar surface area (TPSA) is 384 Å². The lowest BCUT2D eigenvalue weighted by molar-refractivity contribution is -0.137. The number of amides is 2. The highest BCUT2D eigenvalue weighted by Crippen LogP contribution is 2.61. The number of aliphatic hydroxyl groups excluding tert-OH is 3. The van der Waals surface area contributed by atoms with E-state index in [1.54, 1.807) is 6.92 Å². The smallest absolute Gasteiger partial charge is 0.393 e. The van der Waals surface area contributed by atoms with E-state index < -0.39 is 90.7 Å². The van der Waals surface area contributed by atoms with E-state index in [2.05, 4.69) is 34.4 Å². The largest absolute Gasteiger partial charge is 0.481 e. The predicted octanol–water partition coefficient (Wildman–Crippen LogP) is -1.17. The molecule has 11 N–H and O–H groups in total. The summed E-state index contributed by atoms with van der Waals surface area (Å²) in [4.78, 5) is 87.1. The van der Waals surface area contributed by atoms with E-state index in [0.717, 1.165) is 29.0 Å². The minimum absolute atomic E-state index is 0.0265. The fourth-order valence-electron chi connectivity index (χ4n) is 4.69. The SMILES string of the molecule is CC(O)CCC(=O)SCCNC(=O)CCNC(=O)C(O)C(C)(C)COP(=O)(O)OP(=O)(O)OCC1OC(n2cnc3c(N)ncnc32)C(O)C1OP(=O)(O)O. The van der Waals surface area contributed by atoms with Gasteiger partial charge in [0.2, 0.25) is 11.8 Å². The maximum absolute atomic E-state index is 12.7. The van der Waals surface area contributed by atoms with E-state index in [9.17, 15) is 63.0 Å². The van der Waals surface area contributed by atoms with Crippen LogP contribution in [0.1, 0.15) is 46.3 Å². The maximum atomic E-state index is 12.7. The summed E-state index contributed by atoms with van der Waals surface area (Å²) in [5, 5.41) is 35.4. The number of phosphoric ester groups is 3. The Bertz CT molecular complexity index is 1800. The molecule has 1 aliphatic heterocycles. The van der Waals surface area contributed by atoms with Crippen LogP contribution in [-0.4, -0.2) is 134 Å². The highest BCUT2D eigenvalue weighted by molar-refractivity contribution is 8.13. The van der Waals surface area contributed by atoms with Crippen molar-refractivity contribution in [3.8, 4) is 0 Å². The molecule has 0 saturated carbocycles. The van der Waals surface area contributed by atoms with Crippen LogP contribution in [-0.2, 0) is 50.7 Å². The summed E-state index contributed by atoms with van der Waals surface area (Å²) in [7, 11) is -16.4. The summed E-state index contributed by atoms with van der Waals surface area (Å²) in [6.07, 6.45) is -7.05. The lowest BCUT2D eigenvalue weighted by Gasteiger charge is -2.30. The Kier molecular flexibility index (Phi) is 16.9. The van der Waals surface area contributed by atoms with Gasteiger partial charge in [-0.25, -0.2) is 28.6 Å². The van der Waals surface area contributed by atoms with Crippen molar-refractivity contribution in [2.45, 2.75) is 76.8 Å². The van der Waals surface area contributed by atoms with Crippen LogP contribution in [0.25, 0.3) is 11.2 Å². The Morgan fingerprint density at radius 3 is 2.36 bits per heavy atom. The summed E-state index contributed by atoms with van der Waals surface area (Å²) in [5.41, 5.74) is 4.24. The van der Waals surface area contributed by atoms with Gasteiger partial charge in [0.15, 0.2) is 22.8 Å². The maximum Gasteiger partial charge on any atom is 0.481 e. The highest BCUT2D eigenvalue weighted by Gasteiger charge is 2.50. The number of hydrogen-bond acceptors (Lipinski definition) is 19. The summed E-state index contributed by atoms with van der Waals surface area (Å²) in [6.45, 7) is 1.97. The molecule has 1 fully saturated rings. The van der Waals surface area contributed by atoms with E-state index in [1.165, 1.54) is 13.8 Å². The lowest BCUT2D eigenvalue weighted by Crippen LogP contribution is -2.46. The van der Waals surface area contributed by atoms with E-state index in [1.807, 2.05) is 0 Å². The van der Waals surface area contributed by atoms with Crippen molar-refractivity contribution >= 4 is 69.1 Å². The van der Waals surface area contributed by atoms with Gasteiger partial charge in [-0.15, -0.1) is 0 Å². The molecule has 0 radical (unpaired) electrons. The van der Waals surface area contributed by atoms with Crippen molar-refractivity contribution in [1.82, 2.24) is 30.2 Å². The first-order valence-electron chi connectivity index (χ1n) is 16.1. The molecule has 2 aromatic rings. The predicted molar refractivity (Wildman–Crippen MR) is 188 cm³/mol. The normalized spacial score (nSPS) is 22.4. The van der Waals surface area contributed by atoms with Crippen molar-refractivity contribution < 1.29 is 85.6 Å². The Hall–Kier alpha value is -2.48. The van der Waals surface area contributed by atoms with E-state index >= 15 is 0 Å². The number of imidazole rings is 1. The van der Waals surface area contributed by atoms with Gasteiger partial charge in [-0.1, -0.05) is 25.6 Å². The third-order valence-corrected chi connectivity index (χ3v) is 11.6. The number of nitrogen functional groups attached to an aromatic ring is 1. The first kappa shape index (κ1) is 46.9. The van der Waals surface area contributed by atoms with Crippen molar-refractivity contribution in [3.63, 3.8) is 0 Å². The number of carbonyl (C=O) groups is 3. The molecule has 3 heterocycles. The van der Waals surface area contributed by atoms with Gasteiger partial charge in [-0.2, -0.15) is 4.31 Å². The minimum atomic E-state index is -5.57. The number of nitrogens with one attached hydrogen (secondary N) is 2. The van der Waals surface area contributed by atoms with Crippen molar-refractivity contribution in [2.24, 2.45) is 5.41 Å². The Labute approximate surface area is 317 Å². The zero-order valence-corrected chi connectivity index (χ0v) is 33.0. The molecular formula is C26H44N7O18P3S. The number of aliphatic hydroxyl groups is 3. The third kappa shape index (κ3) is 14.8. The van der Waals surface area contributed by atoms with Gasteiger partial charge in [0.25, 0.3) is 0 Å². The van der Waals surface area contributed by atoms with Crippen molar-refractivity contribution in [2.75, 3.05) is 37.8 Å². The van der Waals surface area contributed by atoms with Crippen molar-refractivity contribution in [3.05, 3.63) is 12.7 Å². The quantitative estimate of drug-likeness (QED) is 0.0492. The molecule has 2 amide bonds. The third-order valence-electron chi connectivity index (χ3n) is 7.53. The number of ether oxygens (including phenoxy) is 1. The molecule has 29 heteroatoms. The second-order valence-electron chi connectivity index (χ2n) is 12.7. The van der Waals surface area contributed by atoms with E-state index in [-0.39, 0.29) is 48.0 Å². The molecule has 25 nitrogen and oxygen atoms in total. The van der Waals surface area contributed by atoms with Crippen LogP contribution in [0.5, 0.6) is 0 Å². The number of carbonyl (C=O) groups excluding carboxylic acids is 3. The Morgan fingerprint density at radius 1 is 1.04 bits per heavy atom. The van der Waals surface area contributed by atoms with Crippen LogP contribution in [0.3, 0.4) is 0 Å². The Morgan fingerprint density at radius 2 is 1.71 bits per heavy atom. The number of aromatic nitrogens is 4. The molecule has 0 bridgehead atoms. The molecule has 8 atom stereocenters. The monoisotopic (exact) mass is 867 g/mol. The van der Waals surface area contributed by atoms with E-state index in [0.29, 0.717) is 12.2 Å². The first-order valence-corrected chi connectivity index (χ1v) is 21.6. The lowest BCUT2D eigenvalue weighted by atomic mass is 9.87. The average molecular weight is 868 g/mol. The van der Waals surface area contributed by atoms with Crippen LogP contribution in [0.2, 0.25) is 0 Å². The molecule has 2 aromatic heterocycles. The second kappa shape index (κ2) is 19.8. The van der Waals surface area contributed by atoms with Gasteiger partial charge < -0.3 is 56.0 Å². The molecule has 3 rings (SSSR count). The summed E-state index contributed by atoms with van der Waals surface area (Å²) in [6, 6.07) is 0. The second-order valence-corrected chi connectivity index (χ2v) is 18.1. The Balaban J connectivity index is 1.49. The highest BCUT2D eigenvalue weighted by atomic mass is 32.2. The molecule has 1 saturated heterocycles. The van der Waals surface area contributed by atoms with Crippen LogP contribution < -0.4 is 16.4 Å². The molecule has 0 aliphatic carbocycles. The number of phosphoric acid groups is 3. The molecule has 1 aliphatic rings. The molecule has 312 valence electrons. The zero-order valence-electron chi connectivity index (χ0n) is 29.5. The van der Waals surface area contributed by atoms with Gasteiger partial charge in [-0.05, 0) is 13.3 Å². The number of hydrogen-bond donors (Lipinski definition) is 10. The zero-order chi connectivity index (χ0) is 41.4. The summed E-state index contributed by atoms with van der Waals surface area (Å²) in [5.74, 6) is -1.20.